The Balaban J connectivity index is 1.63. The number of nitrogens with zero attached hydrogens (tertiary/aromatic N) is 1. The number of fused-ring (bicyclic) bond motifs is 1. The third-order valence-corrected chi connectivity index (χ3v) is 4.75. The second kappa shape index (κ2) is 7.01. The maximum atomic E-state index is 11.8. The smallest absolute Gasteiger partial charge is 0.234 e. The summed E-state index contributed by atoms with van der Waals surface area (Å²) >= 11 is 0. The van der Waals surface area contributed by atoms with Crippen molar-refractivity contribution in [3.8, 4) is 0 Å². The zero-order valence-electron chi connectivity index (χ0n) is 13.8. The molecule has 23 heavy (non-hydrogen) atoms. The Hall–Kier alpha value is -2.07. The summed E-state index contributed by atoms with van der Waals surface area (Å²) in [5, 5.41) is 4.20. The molecule has 0 bridgehead atoms. The number of carbonyl (C=O) groups excluding carboxylic acids is 1. The molecule has 1 fully saturated rings. The molecule has 0 saturated carbocycles. The number of para-hydroxylation sites is 1. The Labute approximate surface area is 137 Å². The second-order valence-electron chi connectivity index (χ2n) is 6.35. The molecule has 122 valence electrons. The molecule has 0 spiro atoms. The van der Waals surface area contributed by atoms with E-state index in [1.165, 1.54) is 22.2 Å². The van der Waals surface area contributed by atoms with Gasteiger partial charge in [-0.15, -0.1) is 6.58 Å². The van der Waals surface area contributed by atoms with Gasteiger partial charge in [0.15, 0.2) is 0 Å². The van der Waals surface area contributed by atoms with Gasteiger partial charge in [0.05, 0.1) is 6.54 Å². The van der Waals surface area contributed by atoms with E-state index in [1.807, 2.05) is 0 Å². The number of piperidine rings is 1. The largest absolute Gasteiger partial charge is 0.358 e. The first kappa shape index (κ1) is 15.8. The number of likely N-dealkylation sites (tertiary alicyclic amines) is 1. The summed E-state index contributed by atoms with van der Waals surface area (Å²) in [5.74, 6) is 0.672. The number of carbonyl (C=O) groups is 1. The van der Waals surface area contributed by atoms with Crippen molar-refractivity contribution >= 4 is 16.8 Å². The number of benzene rings is 1. The van der Waals surface area contributed by atoms with Crippen molar-refractivity contribution in [1.82, 2.24) is 15.2 Å². The van der Waals surface area contributed by atoms with Gasteiger partial charge < -0.3 is 10.3 Å². The van der Waals surface area contributed by atoms with Crippen LogP contribution >= 0.6 is 0 Å². The lowest BCUT2D eigenvalue weighted by Crippen LogP contribution is -2.41. The van der Waals surface area contributed by atoms with Gasteiger partial charge in [0.25, 0.3) is 0 Å². The molecule has 0 atom stereocenters. The van der Waals surface area contributed by atoms with Gasteiger partial charge in [0.1, 0.15) is 0 Å². The summed E-state index contributed by atoms with van der Waals surface area (Å²) < 4.78 is 0. The van der Waals surface area contributed by atoms with Crippen molar-refractivity contribution in [2.75, 3.05) is 26.2 Å². The van der Waals surface area contributed by atoms with Gasteiger partial charge in [-0.2, -0.15) is 0 Å². The lowest BCUT2D eigenvalue weighted by Gasteiger charge is -2.31. The van der Waals surface area contributed by atoms with Gasteiger partial charge in [-0.1, -0.05) is 24.3 Å². The number of nitrogens with one attached hydrogen (secondary N) is 2. The Bertz CT molecular complexity index is 696. The van der Waals surface area contributed by atoms with Crippen LogP contribution < -0.4 is 5.32 Å². The van der Waals surface area contributed by atoms with Crippen LogP contribution in [-0.2, 0) is 4.79 Å². The zero-order chi connectivity index (χ0) is 16.2. The first-order valence-corrected chi connectivity index (χ1v) is 8.36. The lowest BCUT2D eigenvalue weighted by atomic mass is 9.87. The van der Waals surface area contributed by atoms with E-state index in [2.05, 4.69) is 53.0 Å². The molecular weight excluding hydrogens is 286 g/mol. The molecule has 2 heterocycles. The van der Waals surface area contributed by atoms with Crippen LogP contribution in [0, 0.1) is 6.92 Å². The number of aromatic nitrogens is 1. The van der Waals surface area contributed by atoms with Crippen molar-refractivity contribution in [2.24, 2.45) is 0 Å². The van der Waals surface area contributed by atoms with Crippen LogP contribution in [0.25, 0.3) is 10.9 Å². The molecule has 0 radical (unpaired) electrons. The number of H-pyrrole nitrogens is 1. The number of amides is 1. The third-order valence-electron chi connectivity index (χ3n) is 4.75. The molecule has 1 aromatic heterocycles. The normalized spacial score (nSPS) is 16.6. The SMILES string of the molecule is C=CCNC(=O)CN1CCC(c2c(C)[nH]c3ccccc23)CC1. The number of aryl methyl sites for hydroxylation is 1. The fraction of sp³-hybridized carbons (Fsp3) is 0.421. The third kappa shape index (κ3) is 3.48. The second-order valence-corrected chi connectivity index (χ2v) is 6.35. The molecule has 1 aliphatic heterocycles. The van der Waals surface area contributed by atoms with E-state index in [4.69, 9.17) is 0 Å². The van der Waals surface area contributed by atoms with Crippen LogP contribution in [0.3, 0.4) is 0 Å². The molecule has 1 aliphatic rings. The lowest BCUT2D eigenvalue weighted by molar-refractivity contribution is -0.122. The topological polar surface area (TPSA) is 48.1 Å². The fourth-order valence-corrected chi connectivity index (χ4v) is 3.65. The van der Waals surface area contributed by atoms with E-state index in [1.54, 1.807) is 6.08 Å². The van der Waals surface area contributed by atoms with Crippen molar-refractivity contribution < 1.29 is 4.79 Å². The highest BCUT2D eigenvalue weighted by molar-refractivity contribution is 5.85. The Morgan fingerprint density at radius 2 is 2.13 bits per heavy atom. The molecular formula is C19H25N3O. The van der Waals surface area contributed by atoms with E-state index in [0.29, 0.717) is 19.0 Å². The summed E-state index contributed by atoms with van der Waals surface area (Å²) in [6, 6.07) is 8.54. The summed E-state index contributed by atoms with van der Waals surface area (Å²) in [6.45, 7) is 8.78. The van der Waals surface area contributed by atoms with Crippen LogP contribution in [-0.4, -0.2) is 42.0 Å². The molecule has 2 N–H and O–H groups in total. The molecule has 2 aromatic rings. The van der Waals surface area contributed by atoms with Gasteiger partial charge in [0.2, 0.25) is 5.91 Å². The van der Waals surface area contributed by atoms with Crippen LogP contribution in [0.1, 0.15) is 30.0 Å². The van der Waals surface area contributed by atoms with Gasteiger partial charge in [-0.25, -0.2) is 0 Å². The monoisotopic (exact) mass is 311 g/mol. The minimum absolute atomic E-state index is 0.0895. The van der Waals surface area contributed by atoms with Crippen LogP contribution in [0.2, 0.25) is 0 Å². The van der Waals surface area contributed by atoms with E-state index < -0.39 is 0 Å². The highest BCUT2D eigenvalue weighted by Gasteiger charge is 2.25. The van der Waals surface area contributed by atoms with E-state index in [-0.39, 0.29) is 5.91 Å². The molecule has 4 nitrogen and oxygen atoms in total. The minimum atomic E-state index is 0.0895. The van der Waals surface area contributed by atoms with Crippen molar-refractivity contribution in [1.29, 1.82) is 0 Å². The van der Waals surface area contributed by atoms with Gasteiger partial charge in [-0.3, -0.25) is 9.69 Å². The van der Waals surface area contributed by atoms with Gasteiger partial charge in [-0.05, 0) is 50.4 Å². The quantitative estimate of drug-likeness (QED) is 0.834. The molecule has 4 heteroatoms. The maximum Gasteiger partial charge on any atom is 0.234 e. The van der Waals surface area contributed by atoms with E-state index >= 15 is 0 Å². The first-order valence-electron chi connectivity index (χ1n) is 8.36. The van der Waals surface area contributed by atoms with Crippen molar-refractivity contribution in [3.05, 3.63) is 48.2 Å². The van der Waals surface area contributed by atoms with Gasteiger partial charge >= 0.3 is 0 Å². The number of hydrogen-bond donors (Lipinski definition) is 2. The molecule has 0 unspecified atom stereocenters. The molecule has 1 saturated heterocycles. The Morgan fingerprint density at radius 1 is 1.39 bits per heavy atom. The van der Waals surface area contributed by atoms with Crippen LogP contribution in [0.4, 0.5) is 0 Å². The van der Waals surface area contributed by atoms with Crippen molar-refractivity contribution in [3.63, 3.8) is 0 Å². The first-order chi connectivity index (χ1) is 11.2. The standard InChI is InChI=1S/C19H25N3O/c1-3-10-20-18(23)13-22-11-8-15(9-12-22)19-14(2)21-17-7-5-4-6-16(17)19/h3-7,15,21H,1,8-13H2,2H3,(H,20,23). The predicted octanol–water partition coefficient (Wildman–Crippen LogP) is 2.96. The summed E-state index contributed by atoms with van der Waals surface area (Å²) in [7, 11) is 0. The van der Waals surface area contributed by atoms with Crippen LogP contribution in [0.5, 0.6) is 0 Å². The van der Waals surface area contributed by atoms with E-state index in [9.17, 15) is 4.79 Å². The van der Waals surface area contributed by atoms with Crippen molar-refractivity contribution in [2.45, 2.75) is 25.7 Å². The summed E-state index contributed by atoms with van der Waals surface area (Å²) in [5.41, 5.74) is 3.98. The summed E-state index contributed by atoms with van der Waals surface area (Å²) in [4.78, 5) is 17.6. The summed E-state index contributed by atoms with van der Waals surface area (Å²) in [6.07, 6.45) is 3.93. The Kier molecular flexibility index (Phi) is 4.82. The number of hydrogen-bond acceptors (Lipinski definition) is 2. The minimum Gasteiger partial charge on any atom is -0.358 e. The maximum absolute atomic E-state index is 11.8. The molecule has 3 rings (SSSR count). The average Bonchev–Trinajstić information content (AvgIpc) is 2.89. The highest BCUT2D eigenvalue weighted by Crippen LogP contribution is 2.35. The Morgan fingerprint density at radius 3 is 2.87 bits per heavy atom. The number of aromatic amines is 1. The predicted molar refractivity (Wildman–Crippen MR) is 94.7 cm³/mol. The molecule has 1 amide bonds. The molecule has 1 aromatic carbocycles. The van der Waals surface area contributed by atoms with Gasteiger partial charge in [0, 0.05) is 23.1 Å². The van der Waals surface area contributed by atoms with Crippen LogP contribution in [0.15, 0.2) is 36.9 Å². The van der Waals surface area contributed by atoms with E-state index in [0.717, 1.165) is 25.9 Å². The zero-order valence-corrected chi connectivity index (χ0v) is 13.8. The number of rotatable bonds is 5. The fourth-order valence-electron chi connectivity index (χ4n) is 3.65. The highest BCUT2D eigenvalue weighted by atomic mass is 16.2. The molecule has 0 aliphatic carbocycles. The average molecular weight is 311 g/mol.